The molecular formula is C16H27NOS. The molecule has 3 heteroatoms. The predicted octanol–water partition coefficient (Wildman–Crippen LogP) is 3.44. The Labute approximate surface area is 120 Å². The SMILES string of the molecule is CCNC(CS(=O)CC(C)CC)c1ccccc1C. The Hall–Kier alpha value is -0.670. The van der Waals surface area contributed by atoms with Crippen molar-refractivity contribution in [3.05, 3.63) is 35.4 Å². The van der Waals surface area contributed by atoms with Gasteiger partial charge in [-0.05, 0) is 30.5 Å². The summed E-state index contributed by atoms with van der Waals surface area (Å²) >= 11 is 0. The monoisotopic (exact) mass is 281 g/mol. The van der Waals surface area contributed by atoms with Gasteiger partial charge < -0.3 is 5.32 Å². The van der Waals surface area contributed by atoms with Crippen LogP contribution in [-0.4, -0.2) is 22.3 Å². The van der Waals surface area contributed by atoms with Crippen molar-refractivity contribution in [1.82, 2.24) is 5.32 Å². The third-order valence-corrected chi connectivity index (χ3v) is 5.18. The van der Waals surface area contributed by atoms with E-state index in [-0.39, 0.29) is 6.04 Å². The number of hydrogen-bond acceptors (Lipinski definition) is 2. The van der Waals surface area contributed by atoms with Crippen LogP contribution in [0.25, 0.3) is 0 Å². The molecule has 3 unspecified atom stereocenters. The molecule has 1 N–H and O–H groups in total. The van der Waals surface area contributed by atoms with Gasteiger partial charge >= 0.3 is 0 Å². The lowest BCUT2D eigenvalue weighted by Crippen LogP contribution is -2.28. The third-order valence-electron chi connectivity index (χ3n) is 3.53. The van der Waals surface area contributed by atoms with E-state index in [1.54, 1.807) is 0 Å². The molecule has 0 spiro atoms. The fourth-order valence-corrected chi connectivity index (χ4v) is 3.85. The van der Waals surface area contributed by atoms with E-state index in [0.29, 0.717) is 11.7 Å². The van der Waals surface area contributed by atoms with Crippen LogP contribution >= 0.6 is 0 Å². The standard InChI is InChI=1S/C16H27NOS/c1-5-13(3)11-19(18)12-16(17-6-2)15-10-8-7-9-14(15)4/h7-10,13,16-17H,5-6,11-12H2,1-4H3. The zero-order valence-electron chi connectivity index (χ0n) is 12.6. The molecule has 0 aromatic heterocycles. The summed E-state index contributed by atoms with van der Waals surface area (Å²) in [6.07, 6.45) is 1.10. The van der Waals surface area contributed by atoms with Crippen molar-refractivity contribution in [2.45, 2.75) is 40.2 Å². The van der Waals surface area contributed by atoms with Crippen LogP contribution in [0.3, 0.4) is 0 Å². The molecule has 0 bridgehead atoms. The number of hydrogen-bond donors (Lipinski definition) is 1. The number of rotatable bonds is 8. The lowest BCUT2D eigenvalue weighted by atomic mass is 10.0. The maximum atomic E-state index is 12.3. The minimum absolute atomic E-state index is 0.205. The van der Waals surface area contributed by atoms with Gasteiger partial charge in [-0.1, -0.05) is 51.5 Å². The van der Waals surface area contributed by atoms with Gasteiger partial charge in [-0.15, -0.1) is 0 Å². The van der Waals surface area contributed by atoms with Crippen molar-refractivity contribution in [1.29, 1.82) is 0 Å². The molecule has 19 heavy (non-hydrogen) atoms. The zero-order chi connectivity index (χ0) is 14.3. The second-order valence-corrected chi connectivity index (χ2v) is 6.80. The molecule has 0 aliphatic heterocycles. The summed E-state index contributed by atoms with van der Waals surface area (Å²) in [5.74, 6) is 2.06. The molecule has 3 atom stereocenters. The molecule has 1 aromatic carbocycles. The van der Waals surface area contributed by atoms with Crippen molar-refractivity contribution >= 4 is 10.8 Å². The summed E-state index contributed by atoms with van der Waals surface area (Å²) in [5, 5.41) is 3.47. The number of benzene rings is 1. The van der Waals surface area contributed by atoms with Gasteiger partial charge in [-0.25, -0.2) is 0 Å². The van der Waals surface area contributed by atoms with Gasteiger partial charge in [0.15, 0.2) is 0 Å². The van der Waals surface area contributed by atoms with E-state index in [9.17, 15) is 4.21 Å². The summed E-state index contributed by atoms with van der Waals surface area (Å²) in [5.41, 5.74) is 2.55. The van der Waals surface area contributed by atoms with E-state index >= 15 is 0 Å². The van der Waals surface area contributed by atoms with E-state index in [2.05, 4.69) is 57.3 Å². The van der Waals surface area contributed by atoms with Gasteiger partial charge in [-0.2, -0.15) is 0 Å². The fourth-order valence-electron chi connectivity index (χ4n) is 2.17. The Morgan fingerprint density at radius 1 is 1.21 bits per heavy atom. The Kier molecular flexibility index (Phi) is 7.32. The van der Waals surface area contributed by atoms with Crippen molar-refractivity contribution in [3.8, 4) is 0 Å². The molecule has 0 amide bonds. The molecule has 0 aliphatic rings. The quantitative estimate of drug-likeness (QED) is 0.791. The third kappa shape index (κ3) is 5.45. The van der Waals surface area contributed by atoms with E-state index in [1.807, 2.05) is 0 Å². The van der Waals surface area contributed by atoms with Gasteiger partial charge in [0.25, 0.3) is 0 Å². The van der Waals surface area contributed by atoms with Crippen LogP contribution in [0.15, 0.2) is 24.3 Å². The van der Waals surface area contributed by atoms with Gasteiger partial charge in [-0.3, -0.25) is 4.21 Å². The zero-order valence-corrected chi connectivity index (χ0v) is 13.4. The van der Waals surface area contributed by atoms with Crippen molar-refractivity contribution in [2.75, 3.05) is 18.1 Å². The van der Waals surface area contributed by atoms with E-state index in [0.717, 1.165) is 18.7 Å². The smallest absolute Gasteiger partial charge is 0.0439 e. The highest BCUT2D eigenvalue weighted by atomic mass is 32.2. The predicted molar refractivity (Wildman–Crippen MR) is 84.9 cm³/mol. The topological polar surface area (TPSA) is 29.1 Å². The van der Waals surface area contributed by atoms with Gasteiger partial charge in [0.1, 0.15) is 0 Å². The minimum Gasteiger partial charge on any atom is -0.309 e. The highest BCUT2D eigenvalue weighted by molar-refractivity contribution is 7.85. The Balaban J connectivity index is 2.73. The van der Waals surface area contributed by atoms with Crippen LogP contribution in [0.5, 0.6) is 0 Å². The largest absolute Gasteiger partial charge is 0.309 e. The number of aryl methyl sites for hydroxylation is 1. The lowest BCUT2D eigenvalue weighted by Gasteiger charge is -2.20. The summed E-state index contributed by atoms with van der Waals surface area (Å²) in [4.78, 5) is 0. The molecule has 1 rings (SSSR count). The van der Waals surface area contributed by atoms with E-state index < -0.39 is 10.8 Å². The van der Waals surface area contributed by atoms with Crippen LogP contribution in [0.1, 0.15) is 44.4 Å². The van der Waals surface area contributed by atoms with Gasteiger partial charge in [0.05, 0.1) is 0 Å². The summed E-state index contributed by atoms with van der Waals surface area (Å²) < 4.78 is 12.3. The van der Waals surface area contributed by atoms with Crippen molar-refractivity contribution in [2.24, 2.45) is 5.92 Å². The Bertz CT molecular complexity index is 405. The first kappa shape index (κ1) is 16.4. The van der Waals surface area contributed by atoms with Crippen LogP contribution in [-0.2, 0) is 10.8 Å². The highest BCUT2D eigenvalue weighted by Gasteiger charge is 2.16. The van der Waals surface area contributed by atoms with Crippen LogP contribution < -0.4 is 5.32 Å². The maximum absolute atomic E-state index is 12.3. The second-order valence-electron chi connectivity index (χ2n) is 5.25. The van der Waals surface area contributed by atoms with Crippen LogP contribution in [0, 0.1) is 12.8 Å². The molecular weight excluding hydrogens is 254 g/mol. The van der Waals surface area contributed by atoms with Gasteiger partial charge in [0, 0.05) is 28.3 Å². The Morgan fingerprint density at radius 2 is 1.89 bits per heavy atom. The van der Waals surface area contributed by atoms with E-state index in [1.165, 1.54) is 11.1 Å². The maximum Gasteiger partial charge on any atom is 0.0439 e. The molecule has 0 heterocycles. The van der Waals surface area contributed by atoms with Crippen LogP contribution in [0.4, 0.5) is 0 Å². The first-order chi connectivity index (χ1) is 9.08. The molecule has 0 aliphatic carbocycles. The molecule has 1 aromatic rings. The first-order valence-electron chi connectivity index (χ1n) is 7.22. The molecule has 0 fully saturated rings. The normalized spacial score (nSPS) is 16.0. The van der Waals surface area contributed by atoms with Crippen molar-refractivity contribution in [3.63, 3.8) is 0 Å². The number of nitrogens with one attached hydrogen (secondary N) is 1. The molecule has 0 saturated heterocycles. The summed E-state index contributed by atoms with van der Waals surface area (Å²) in [7, 11) is -0.753. The molecule has 0 radical (unpaired) electrons. The van der Waals surface area contributed by atoms with Crippen molar-refractivity contribution < 1.29 is 4.21 Å². The molecule has 0 saturated carbocycles. The second kappa shape index (κ2) is 8.49. The summed E-state index contributed by atoms with van der Waals surface area (Å²) in [6.45, 7) is 9.46. The average molecular weight is 281 g/mol. The average Bonchev–Trinajstić information content (AvgIpc) is 2.38. The highest BCUT2D eigenvalue weighted by Crippen LogP contribution is 2.19. The van der Waals surface area contributed by atoms with Crippen LogP contribution in [0.2, 0.25) is 0 Å². The molecule has 2 nitrogen and oxygen atoms in total. The lowest BCUT2D eigenvalue weighted by molar-refractivity contribution is 0.581. The van der Waals surface area contributed by atoms with E-state index in [4.69, 9.17) is 0 Å². The Morgan fingerprint density at radius 3 is 2.47 bits per heavy atom. The molecule has 108 valence electrons. The summed E-state index contributed by atoms with van der Waals surface area (Å²) in [6, 6.07) is 8.58. The fraction of sp³-hybridized carbons (Fsp3) is 0.625. The minimum atomic E-state index is -0.753. The van der Waals surface area contributed by atoms with Gasteiger partial charge in [0.2, 0.25) is 0 Å². The first-order valence-corrected chi connectivity index (χ1v) is 8.71.